The number of amides is 2. The molecule has 1 aliphatic rings. The highest BCUT2D eigenvalue weighted by molar-refractivity contribution is 6.13. The first-order chi connectivity index (χ1) is 14.2. The SMILES string of the molecule is COCCn1cnc2oc(C)c(C(=O)Nc3ccc4c(c3)C(C)(C)C(=O)N4)c2c1=O. The molecule has 0 saturated carbocycles. The molecule has 1 aromatic carbocycles. The van der Waals surface area contributed by atoms with Crippen LogP contribution in [0.3, 0.4) is 0 Å². The van der Waals surface area contributed by atoms with Gasteiger partial charge in [-0.05, 0) is 44.5 Å². The van der Waals surface area contributed by atoms with Crippen LogP contribution in [0.5, 0.6) is 0 Å². The van der Waals surface area contributed by atoms with Gasteiger partial charge in [0.2, 0.25) is 11.6 Å². The van der Waals surface area contributed by atoms with E-state index in [1.807, 2.05) is 13.8 Å². The van der Waals surface area contributed by atoms with Gasteiger partial charge in [-0.2, -0.15) is 0 Å². The molecule has 0 bridgehead atoms. The molecule has 0 fully saturated rings. The van der Waals surface area contributed by atoms with Gasteiger partial charge in [-0.25, -0.2) is 4.98 Å². The molecule has 3 heterocycles. The molecule has 0 spiro atoms. The number of rotatable bonds is 5. The molecule has 30 heavy (non-hydrogen) atoms. The van der Waals surface area contributed by atoms with Crippen LogP contribution >= 0.6 is 0 Å². The molecular formula is C21H22N4O5. The van der Waals surface area contributed by atoms with Gasteiger partial charge >= 0.3 is 0 Å². The Hall–Kier alpha value is -3.46. The molecule has 0 unspecified atom stereocenters. The number of nitrogens with zero attached hydrogens (tertiary/aromatic N) is 2. The Balaban J connectivity index is 1.71. The zero-order valence-electron chi connectivity index (χ0n) is 17.2. The number of fused-ring (bicyclic) bond motifs is 2. The number of nitrogens with one attached hydrogen (secondary N) is 2. The van der Waals surface area contributed by atoms with E-state index in [0.717, 1.165) is 11.3 Å². The van der Waals surface area contributed by atoms with Gasteiger partial charge in [0.1, 0.15) is 17.5 Å². The molecule has 2 aromatic heterocycles. The van der Waals surface area contributed by atoms with E-state index >= 15 is 0 Å². The molecule has 0 atom stereocenters. The van der Waals surface area contributed by atoms with Gasteiger partial charge in [-0.3, -0.25) is 19.0 Å². The number of carbonyl (C=O) groups is 2. The molecule has 156 valence electrons. The molecular weight excluding hydrogens is 388 g/mol. The van der Waals surface area contributed by atoms with Gasteiger partial charge in [-0.15, -0.1) is 0 Å². The van der Waals surface area contributed by atoms with Crippen molar-refractivity contribution < 1.29 is 18.7 Å². The van der Waals surface area contributed by atoms with Crippen LogP contribution in [0.15, 0.2) is 33.7 Å². The third-order valence-corrected chi connectivity index (χ3v) is 5.38. The smallest absolute Gasteiger partial charge is 0.265 e. The number of carbonyl (C=O) groups excluding carboxylic acids is 2. The quantitative estimate of drug-likeness (QED) is 0.667. The Morgan fingerprint density at radius 2 is 2.10 bits per heavy atom. The number of ether oxygens (including phenoxy) is 1. The van der Waals surface area contributed by atoms with Crippen molar-refractivity contribution in [3.8, 4) is 0 Å². The van der Waals surface area contributed by atoms with Gasteiger partial charge in [0.15, 0.2) is 0 Å². The Labute approximate surface area is 172 Å². The number of benzene rings is 1. The third-order valence-electron chi connectivity index (χ3n) is 5.38. The maximum absolute atomic E-state index is 13.1. The lowest BCUT2D eigenvalue weighted by Crippen LogP contribution is -2.27. The summed E-state index contributed by atoms with van der Waals surface area (Å²) in [5.41, 5.74) is 1.21. The molecule has 9 heteroatoms. The normalized spacial score (nSPS) is 14.6. The van der Waals surface area contributed by atoms with Crippen LogP contribution in [0.1, 0.15) is 35.5 Å². The number of anilines is 2. The third kappa shape index (κ3) is 3.07. The largest absolute Gasteiger partial charge is 0.442 e. The van der Waals surface area contributed by atoms with E-state index in [2.05, 4.69) is 15.6 Å². The summed E-state index contributed by atoms with van der Waals surface area (Å²) >= 11 is 0. The van der Waals surface area contributed by atoms with Crippen molar-refractivity contribution >= 4 is 34.3 Å². The number of hydrogen-bond acceptors (Lipinski definition) is 6. The number of methoxy groups -OCH3 is 1. The first-order valence-corrected chi connectivity index (χ1v) is 9.49. The van der Waals surface area contributed by atoms with Crippen LogP contribution in [0.4, 0.5) is 11.4 Å². The molecule has 0 radical (unpaired) electrons. The van der Waals surface area contributed by atoms with Crippen molar-refractivity contribution in [2.45, 2.75) is 32.7 Å². The molecule has 1 aliphatic heterocycles. The second-order valence-electron chi connectivity index (χ2n) is 7.74. The maximum atomic E-state index is 13.1. The fourth-order valence-electron chi connectivity index (χ4n) is 3.60. The lowest BCUT2D eigenvalue weighted by atomic mass is 9.86. The summed E-state index contributed by atoms with van der Waals surface area (Å²) in [4.78, 5) is 42.2. The Kier molecular flexibility index (Phi) is 4.70. The van der Waals surface area contributed by atoms with Gasteiger partial charge in [0.05, 0.1) is 24.1 Å². The monoisotopic (exact) mass is 410 g/mol. The predicted octanol–water partition coefficient (Wildman–Crippen LogP) is 2.43. The van der Waals surface area contributed by atoms with E-state index in [1.54, 1.807) is 32.2 Å². The van der Waals surface area contributed by atoms with E-state index in [9.17, 15) is 14.4 Å². The van der Waals surface area contributed by atoms with Gasteiger partial charge in [-0.1, -0.05) is 0 Å². The van der Waals surface area contributed by atoms with Crippen molar-refractivity contribution in [1.82, 2.24) is 9.55 Å². The summed E-state index contributed by atoms with van der Waals surface area (Å²) < 4.78 is 11.9. The lowest BCUT2D eigenvalue weighted by Gasteiger charge is -2.16. The fourth-order valence-corrected chi connectivity index (χ4v) is 3.60. The van der Waals surface area contributed by atoms with Crippen molar-refractivity contribution in [2.75, 3.05) is 24.4 Å². The van der Waals surface area contributed by atoms with E-state index in [4.69, 9.17) is 9.15 Å². The highest BCUT2D eigenvalue weighted by atomic mass is 16.5. The molecule has 4 rings (SSSR count). The van der Waals surface area contributed by atoms with Gasteiger partial charge < -0.3 is 19.8 Å². The van der Waals surface area contributed by atoms with Gasteiger partial charge in [0.25, 0.3) is 11.5 Å². The molecule has 2 amide bonds. The Bertz CT molecular complexity index is 1240. The van der Waals surface area contributed by atoms with Crippen LogP contribution < -0.4 is 16.2 Å². The predicted molar refractivity (Wildman–Crippen MR) is 111 cm³/mol. The van der Waals surface area contributed by atoms with Crippen LogP contribution in [0.25, 0.3) is 11.1 Å². The van der Waals surface area contributed by atoms with Crippen LogP contribution in [0.2, 0.25) is 0 Å². The number of hydrogen-bond donors (Lipinski definition) is 2. The minimum absolute atomic E-state index is 0.0969. The number of aromatic nitrogens is 2. The highest BCUT2D eigenvalue weighted by Gasteiger charge is 2.38. The van der Waals surface area contributed by atoms with Crippen LogP contribution in [0, 0.1) is 6.92 Å². The number of aryl methyl sites for hydroxylation is 1. The Morgan fingerprint density at radius 3 is 2.83 bits per heavy atom. The fraction of sp³-hybridized carbons (Fsp3) is 0.333. The zero-order valence-corrected chi connectivity index (χ0v) is 17.2. The first-order valence-electron chi connectivity index (χ1n) is 9.49. The number of furan rings is 1. The second kappa shape index (κ2) is 7.10. The van der Waals surface area contributed by atoms with Crippen molar-refractivity contribution in [1.29, 1.82) is 0 Å². The van der Waals surface area contributed by atoms with Crippen molar-refractivity contribution in [3.63, 3.8) is 0 Å². The molecule has 3 aromatic rings. The lowest BCUT2D eigenvalue weighted by molar-refractivity contribution is -0.119. The summed E-state index contributed by atoms with van der Waals surface area (Å²) in [5, 5.41) is 5.77. The van der Waals surface area contributed by atoms with E-state index in [0.29, 0.717) is 24.6 Å². The zero-order chi connectivity index (χ0) is 21.6. The summed E-state index contributed by atoms with van der Waals surface area (Å²) in [6.07, 6.45) is 1.38. The molecule has 2 N–H and O–H groups in total. The standard InChI is InChI=1S/C21H22N4O5/c1-11-15(16-18(30-11)22-10-25(19(16)27)7-8-29-4)17(26)23-12-5-6-14-13(9-12)21(2,3)20(28)24-14/h5-6,9-10H,7-8H2,1-4H3,(H,23,26)(H,24,28). The minimum atomic E-state index is -0.701. The minimum Gasteiger partial charge on any atom is -0.442 e. The van der Waals surface area contributed by atoms with Crippen molar-refractivity contribution in [2.24, 2.45) is 0 Å². The average Bonchev–Trinajstić information content (AvgIpc) is 3.15. The van der Waals surface area contributed by atoms with E-state index in [1.165, 1.54) is 10.9 Å². The average molecular weight is 410 g/mol. The molecule has 9 nitrogen and oxygen atoms in total. The molecule has 0 saturated heterocycles. The summed E-state index contributed by atoms with van der Waals surface area (Å²) in [5.74, 6) is -0.278. The van der Waals surface area contributed by atoms with Crippen LogP contribution in [-0.2, 0) is 21.5 Å². The molecule has 0 aliphatic carbocycles. The topological polar surface area (TPSA) is 115 Å². The van der Waals surface area contributed by atoms with Crippen LogP contribution in [-0.4, -0.2) is 35.1 Å². The summed E-state index contributed by atoms with van der Waals surface area (Å²) in [7, 11) is 1.54. The Morgan fingerprint density at radius 1 is 1.33 bits per heavy atom. The maximum Gasteiger partial charge on any atom is 0.265 e. The highest BCUT2D eigenvalue weighted by Crippen LogP contribution is 2.38. The second-order valence-corrected chi connectivity index (χ2v) is 7.74. The summed E-state index contributed by atoms with van der Waals surface area (Å²) in [6.45, 7) is 5.90. The van der Waals surface area contributed by atoms with Gasteiger partial charge in [0, 0.05) is 18.5 Å². The van der Waals surface area contributed by atoms with E-state index in [-0.39, 0.29) is 28.1 Å². The summed E-state index contributed by atoms with van der Waals surface area (Å²) in [6, 6.07) is 5.21. The first kappa shape index (κ1) is 19.8. The van der Waals surface area contributed by atoms with Crippen molar-refractivity contribution in [3.05, 3.63) is 51.8 Å². The van der Waals surface area contributed by atoms with E-state index < -0.39 is 11.3 Å².